The Morgan fingerprint density at radius 3 is 2.79 bits per heavy atom. The smallest absolute Gasteiger partial charge is 0.258 e. The van der Waals surface area contributed by atoms with Crippen LogP contribution in [0.25, 0.3) is 5.65 Å². The number of rotatable bonds is 5. The third kappa shape index (κ3) is 4.23. The largest absolute Gasteiger partial charge is 0.489 e. The molecule has 1 amide bonds. The summed E-state index contributed by atoms with van der Waals surface area (Å²) in [6.07, 6.45) is 0.499. The van der Waals surface area contributed by atoms with E-state index >= 15 is 0 Å². The van der Waals surface area contributed by atoms with E-state index in [0.29, 0.717) is 55.3 Å². The summed E-state index contributed by atoms with van der Waals surface area (Å²) in [5, 5.41) is 25.7. The lowest BCUT2D eigenvalue weighted by molar-refractivity contribution is 0.00302. The maximum absolute atomic E-state index is 14.3. The van der Waals surface area contributed by atoms with Gasteiger partial charge in [0.1, 0.15) is 17.7 Å². The van der Waals surface area contributed by atoms with E-state index in [1.807, 2.05) is 13.8 Å². The summed E-state index contributed by atoms with van der Waals surface area (Å²) >= 11 is 6.35. The molecule has 0 aliphatic carbocycles. The second-order valence-corrected chi connectivity index (χ2v) is 11.2. The molecule has 38 heavy (non-hydrogen) atoms. The quantitative estimate of drug-likeness (QED) is 0.510. The monoisotopic (exact) mass is 543 g/mol. The van der Waals surface area contributed by atoms with E-state index in [4.69, 9.17) is 16.3 Å². The molecular weight excluding hydrogens is 513 g/mol. The summed E-state index contributed by atoms with van der Waals surface area (Å²) < 4.78 is 22.3. The zero-order valence-corrected chi connectivity index (χ0v) is 22.3. The molecule has 2 bridgehead atoms. The summed E-state index contributed by atoms with van der Waals surface area (Å²) in [5.74, 6) is -0.554. The van der Waals surface area contributed by atoms with Gasteiger partial charge in [-0.25, -0.2) is 13.9 Å². The Morgan fingerprint density at radius 2 is 2.05 bits per heavy atom. The molecule has 6 rings (SSSR count). The van der Waals surface area contributed by atoms with Crippen LogP contribution in [0.5, 0.6) is 5.75 Å². The number of carbonyl (C=O) groups is 1. The van der Waals surface area contributed by atoms with Gasteiger partial charge in [-0.05, 0) is 45.7 Å². The number of nitrogens with zero attached hydrogens (tertiary/aromatic N) is 5. The Bertz CT molecular complexity index is 1430. The van der Waals surface area contributed by atoms with Crippen molar-refractivity contribution in [3.05, 3.63) is 57.2 Å². The molecule has 1 unspecified atom stereocenters. The molecule has 0 spiro atoms. The van der Waals surface area contributed by atoms with Crippen molar-refractivity contribution in [3.63, 3.8) is 0 Å². The van der Waals surface area contributed by atoms with Gasteiger partial charge in [-0.2, -0.15) is 5.10 Å². The number of halogens is 2. The fourth-order valence-electron chi connectivity index (χ4n) is 6.32. The molecule has 9 nitrogen and oxygen atoms in total. The highest BCUT2D eigenvalue weighted by Crippen LogP contribution is 2.39. The van der Waals surface area contributed by atoms with Crippen molar-refractivity contribution in [2.75, 3.05) is 6.54 Å². The van der Waals surface area contributed by atoms with Crippen molar-refractivity contribution in [2.45, 2.75) is 83.5 Å². The number of amides is 1. The van der Waals surface area contributed by atoms with Gasteiger partial charge in [0.2, 0.25) is 0 Å². The number of ether oxygens (including phenoxy) is 1. The van der Waals surface area contributed by atoms with Crippen molar-refractivity contribution >= 4 is 23.2 Å². The van der Waals surface area contributed by atoms with Gasteiger partial charge in [0.15, 0.2) is 5.65 Å². The molecule has 202 valence electrons. The van der Waals surface area contributed by atoms with Gasteiger partial charge in [-0.15, -0.1) is 0 Å². The Kier molecular flexibility index (Phi) is 6.33. The molecular formula is C27H31ClFN5O4. The van der Waals surface area contributed by atoms with Gasteiger partial charge in [0.25, 0.3) is 5.91 Å². The van der Waals surface area contributed by atoms with Crippen LogP contribution >= 0.6 is 11.6 Å². The van der Waals surface area contributed by atoms with Crippen molar-refractivity contribution in [2.24, 2.45) is 0 Å². The van der Waals surface area contributed by atoms with Crippen LogP contribution in [0, 0.1) is 19.7 Å². The van der Waals surface area contributed by atoms with Crippen LogP contribution in [0.1, 0.15) is 59.2 Å². The molecule has 5 atom stereocenters. The summed E-state index contributed by atoms with van der Waals surface area (Å²) in [6.45, 7) is 6.59. The number of hydrogen-bond donors (Lipinski definition) is 2. The molecule has 11 heteroatoms. The van der Waals surface area contributed by atoms with Crippen molar-refractivity contribution in [1.82, 2.24) is 24.4 Å². The lowest BCUT2D eigenvalue weighted by Crippen LogP contribution is -2.50. The summed E-state index contributed by atoms with van der Waals surface area (Å²) in [7, 11) is 0. The van der Waals surface area contributed by atoms with Crippen LogP contribution in [0.2, 0.25) is 5.02 Å². The first-order chi connectivity index (χ1) is 18.1. The minimum absolute atomic E-state index is 0.0638. The summed E-state index contributed by atoms with van der Waals surface area (Å²) in [6, 6.07) is 3.92. The molecule has 2 aromatic heterocycles. The number of hydrogen-bond acceptors (Lipinski definition) is 7. The first-order valence-electron chi connectivity index (χ1n) is 13.0. The molecule has 5 heterocycles. The molecule has 2 fully saturated rings. The highest BCUT2D eigenvalue weighted by molar-refractivity contribution is 6.31. The first kappa shape index (κ1) is 25.5. The molecule has 1 aromatic carbocycles. The number of aliphatic hydroxyl groups excluding tert-OH is 2. The number of piperidine rings is 1. The Balaban J connectivity index is 1.22. The Morgan fingerprint density at radius 1 is 1.26 bits per heavy atom. The van der Waals surface area contributed by atoms with E-state index < -0.39 is 18.0 Å². The maximum atomic E-state index is 14.3. The first-order valence-corrected chi connectivity index (χ1v) is 13.4. The molecule has 0 radical (unpaired) electrons. The number of carbonyl (C=O) groups excluding carboxylic acids is 1. The van der Waals surface area contributed by atoms with Gasteiger partial charge in [-0.3, -0.25) is 9.69 Å². The fraction of sp³-hybridized carbons (Fsp3) is 0.519. The molecule has 3 aromatic rings. The van der Waals surface area contributed by atoms with Crippen LogP contribution in [0.3, 0.4) is 0 Å². The van der Waals surface area contributed by atoms with Crippen molar-refractivity contribution < 1.29 is 24.1 Å². The lowest BCUT2D eigenvalue weighted by Gasteiger charge is -2.39. The van der Waals surface area contributed by atoms with Crippen LogP contribution in [0.15, 0.2) is 18.2 Å². The minimum Gasteiger partial charge on any atom is -0.489 e. The summed E-state index contributed by atoms with van der Waals surface area (Å²) in [4.78, 5) is 22.1. The molecule has 0 saturated carbocycles. The zero-order chi connectivity index (χ0) is 26.9. The third-order valence-corrected chi connectivity index (χ3v) is 8.62. The number of aromatic nitrogens is 3. The molecule has 3 aliphatic heterocycles. The van der Waals surface area contributed by atoms with Gasteiger partial charge >= 0.3 is 0 Å². The van der Waals surface area contributed by atoms with E-state index in [1.165, 1.54) is 18.2 Å². The Labute approximate surface area is 224 Å². The van der Waals surface area contributed by atoms with Crippen LogP contribution in [0.4, 0.5) is 4.39 Å². The molecule has 3 aliphatic rings. The van der Waals surface area contributed by atoms with Gasteiger partial charge in [-0.1, -0.05) is 11.6 Å². The van der Waals surface area contributed by atoms with Gasteiger partial charge in [0, 0.05) is 36.7 Å². The van der Waals surface area contributed by atoms with E-state index in [9.17, 15) is 19.4 Å². The van der Waals surface area contributed by atoms with E-state index in [1.54, 1.807) is 16.3 Å². The van der Waals surface area contributed by atoms with Crippen LogP contribution in [-0.2, 0) is 13.1 Å². The fourth-order valence-corrected chi connectivity index (χ4v) is 6.44. The Hall–Kier alpha value is -2.79. The normalized spacial score (nSPS) is 25.7. The van der Waals surface area contributed by atoms with Crippen LogP contribution in [-0.4, -0.2) is 77.5 Å². The number of benzene rings is 1. The SMILES string of the molecule is Cc1nc2c3c(nn2c(C)c1Cl)CN(C(=O)c1ccc(F)cc1O[C@H]1C[C@H]2C[C@H](O)[C@@H](C1)N2CC(C)O)C3. The standard InChI is InChI=1S/C27H31ClFN5O4/c1-13(35)10-33-17-7-18(9-22(33)23(36)8-17)38-24-6-16(29)4-5-19(24)27(37)32-11-20-21(12-32)31-34-15(3)25(28)14(2)30-26(20)34/h4-6,13,17-18,22-23,35-36H,7-12H2,1-3H3/t13?,17-,18-,22+,23-/m0/s1. The second kappa shape index (κ2) is 9.44. The number of fused-ring (bicyclic) bond motifs is 5. The van der Waals surface area contributed by atoms with E-state index in [2.05, 4.69) is 15.0 Å². The number of aliphatic hydroxyl groups is 2. The average molecular weight is 544 g/mol. The van der Waals surface area contributed by atoms with Crippen molar-refractivity contribution in [3.8, 4) is 5.75 Å². The van der Waals surface area contributed by atoms with Crippen molar-refractivity contribution in [1.29, 1.82) is 0 Å². The molecule has 2 saturated heterocycles. The van der Waals surface area contributed by atoms with E-state index in [-0.39, 0.29) is 35.4 Å². The topological polar surface area (TPSA) is 103 Å². The highest BCUT2D eigenvalue weighted by Gasteiger charge is 2.47. The zero-order valence-electron chi connectivity index (χ0n) is 21.6. The predicted molar refractivity (Wildman–Crippen MR) is 138 cm³/mol. The average Bonchev–Trinajstić information content (AvgIpc) is 3.46. The van der Waals surface area contributed by atoms with E-state index in [0.717, 1.165) is 17.0 Å². The maximum Gasteiger partial charge on any atom is 0.258 e. The number of aryl methyl sites for hydroxylation is 2. The summed E-state index contributed by atoms with van der Waals surface area (Å²) in [5.41, 5.74) is 4.11. The van der Waals surface area contributed by atoms with Crippen LogP contribution < -0.4 is 4.74 Å². The highest BCUT2D eigenvalue weighted by atomic mass is 35.5. The van der Waals surface area contributed by atoms with Gasteiger partial charge < -0.3 is 19.8 Å². The third-order valence-electron chi connectivity index (χ3n) is 8.08. The molecule has 2 N–H and O–H groups in total. The minimum atomic E-state index is -0.501. The predicted octanol–water partition coefficient (Wildman–Crippen LogP) is 3.02. The van der Waals surface area contributed by atoms with Gasteiger partial charge in [0.05, 0.1) is 53.0 Å². The lowest BCUT2D eigenvalue weighted by atomic mass is 9.98. The second-order valence-electron chi connectivity index (χ2n) is 10.8.